The molecule has 18 heavy (non-hydrogen) atoms. The molecule has 0 amide bonds. The van der Waals surface area contributed by atoms with E-state index < -0.39 is 0 Å². The zero-order chi connectivity index (χ0) is 13.5. The maximum atomic E-state index is 5.58. The monoisotopic (exact) mass is 256 g/mol. The van der Waals surface area contributed by atoms with E-state index in [2.05, 4.69) is 26.0 Å². The van der Waals surface area contributed by atoms with Crippen molar-refractivity contribution in [1.29, 1.82) is 0 Å². The molecule has 2 nitrogen and oxygen atoms in total. The van der Waals surface area contributed by atoms with Crippen molar-refractivity contribution in [2.75, 3.05) is 26.9 Å². The summed E-state index contributed by atoms with van der Waals surface area (Å²) in [4.78, 5) is 0. The molecule has 0 aromatic rings. The van der Waals surface area contributed by atoms with Crippen molar-refractivity contribution in [2.45, 2.75) is 58.8 Å². The number of unbranched alkanes of at least 4 members (excludes halogenated alkanes) is 3. The van der Waals surface area contributed by atoms with Crippen LogP contribution < -0.4 is 0 Å². The highest BCUT2D eigenvalue weighted by molar-refractivity contribution is 4.81. The van der Waals surface area contributed by atoms with Gasteiger partial charge in [0.1, 0.15) is 0 Å². The summed E-state index contributed by atoms with van der Waals surface area (Å²) in [6, 6.07) is 0. The third-order valence-electron chi connectivity index (χ3n) is 2.87. The summed E-state index contributed by atoms with van der Waals surface area (Å²) in [5, 5.41) is 0. The van der Waals surface area contributed by atoms with Gasteiger partial charge in [-0.2, -0.15) is 0 Å². The van der Waals surface area contributed by atoms with Crippen LogP contribution in [0.25, 0.3) is 0 Å². The van der Waals surface area contributed by atoms with Gasteiger partial charge in [-0.05, 0) is 50.9 Å². The van der Waals surface area contributed by atoms with Gasteiger partial charge in [-0.3, -0.25) is 0 Å². The Bertz CT molecular complexity index is 176. The predicted octanol–water partition coefficient (Wildman–Crippen LogP) is 4.59. The average Bonchev–Trinajstić information content (AvgIpc) is 2.34. The Balaban J connectivity index is 3.02. The molecule has 0 saturated heterocycles. The number of rotatable bonds is 13. The SMILES string of the molecule is COCCCCCOCCCC=CCCC(C)C. The summed E-state index contributed by atoms with van der Waals surface area (Å²) < 4.78 is 10.6. The first-order chi connectivity index (χ1) is 8.77. The summed E-state index contributed by atoms with van der Waals surface area (Å²) in [6.07, 6.45) is 13.0. The highest BCUT2D eigenvalue weighted by Crippen LogP contribution is 2.04. The van der Waals surface area contributed by atoms with Gasteiger partial charge in [0.25, 0.3) is 0 Å². The fourth-order valence-electron chi connectivity index (χ4n) is 1.70. The average molecular weight is 256 g/mol. The molecule has 0 fully saturated rings. The fraction of sp³-hybridized carbons (Fsp3) is 0.875. The van der Waals surface area contributed by atoms with Crippen LogP contribution in [-0.4, -0.2) is 26.9 Å². The number of allylic oxidation sites excluding steroid dienone is 2. The van der Waals surface area contributed by atoms with Crippen molar-refractivity contribution in [1.82, 2.24) is 0 Å². The van der Waals surface area contributed by atoms with Crippen molar-refractivity contribution in [3.8, 4) is 0 Å². The lowest BCUT2D eigenvalue weighted by molar-refractivity contribution is 0.124. The summed E-state index contributed by atoms with van der Waals surface area (Å²) in [5.41, 5.74) is 0. The molecule has 108 valence electrons. The molecule has 0 aromatic heterocycles. The number of hydrogen-bond acceptors (Lipinski definition) is 2. The van der Waals surface area contributed by atoms with E-state index in [1.807, 2.05) is 0 Å². The molecular weight excluding hydrogens is 224 g/mol. The Kier molecular flexibility index (Phi) is 14.4. The Labute approximate surface area is 114 Å². The second kappa shape index (κ2) is 14.7. The number of hydrogen-bond donors (Lipinski definition) is 0. The molecule has 0 radical (unpaired) electrons. The lowest BCUT2D eigenvalue weighted by Gasteiger charge is -2.03. The quantitative estimate of drug-likeness (QED) is 0.354. The van der Waals surface area contributed by atoms with E-state index >= 15 is 0 Å². The topological polar surface area (TPSA) is 18.5 Å². The zero-order valence-corrected chi connectivity index (χ0v) is 12.6. The van der Waals surface area contributed by atoms with Crippen LogP contribution in [0.3, 0.4) is 0 Å². The molecule has 0 aliphatic carbocycles. The lowest BCUT2D eigenvalue weighted by Crippen LogP contribution is -1.97. The molecule has 2 heteroatoms. The van der Waals surface area contributed by atoms with Gasteiger partial charge in [0.2, 0.25) is 0 Å². The Hall–Kier alpha value is -0.340. The largest absolute Gasteiger partial charge is 0.385 e. The van der Waals surface area contributed by atoms with E-state index in [4.69, 9.17) is 9.47 Å². The lowest BCUT2D eigenvalue weighted by atomic mass is 10.1. The highest BCUT2D eigenvalue weighted by atomic mass is 16.5. The van der Waals surface area contributed by atoms with Crippen LogP contribution in [0.1, 0.15) is 58.8 Å². The smallest absolute Gasteiger partial charge is 0.0468 e. The molecule has 0 N–H and O–H groups in total. The summed E-state index contributed by atoms with van der Waals surface area (Å²) in [7, 11) is 1.76. The fourth-order valence-corrected chi connectivity index (χ4v) is 1.70. The molecule has 0 atom stereocenters. The third kappa shape index (κ3) is 15.7. The van der Waals surface area contributed by atoms with E-state index in [9.17, 15) is 0 Å². The van der Waals surface area contributed by atoms with Gasteiger partial charge < -0.3 is 9.47 Å². The van der Waals surface area contributed by atoms with Crippen molar-refractivity contribution in [3.05, 3.63) is 12.2 Å². The van der Waals surface area contributed by atoms with Gasteiger partial charge in [0, 0.05) is 26.9 Å². The van der Waals surface area contributed by atoms with Crippen molar-refractivity contribution in [3.63, 3.8) is 0 Å². The second-order valence-electron chi connectivity index (χ2n) is 5.25. The first-order valence-electron chi connectivity index (χ1n) is 7.49. The summed E-state index contributed by atoms with van der Waals surface area (Å²) in [5.74, 6) is 0.816. The van der Waals surface area contributed by atoms with Crippen molar-refractivity contribution >= 4 is 0 Å². The van der Waals surface area contributed by atoms with Crippen LogP contribution in [0, 0.1) is 5.92 Å². The Morgan fingerprint density at radius 3 is 2.22 bits per heavy atom. The van der Waals surface area contributed by atoms with Gasteiger partial charge in [0.05, 0.1) is 0 Å². The van der Waals surface area contributed by atoms with Gasteiger partial charge in [-0.1, -0.05) is 26.0 Å². The minimum atomic E-state index is 0.816. The number of methoxy groups -OCH3 is 1. The Morgan fingerprint density at radius 2 is 1.50 bits per heavy atom. The van der Waals surface area contributed by atoms with Crippen molar-refractivity contribution in [2.24, 2.45) is 5.92 Å². The molecule has 0 unspecified atom stereocenters. The minimum Gasteiger partial charge on any atom is -0.385 e. The summed E-state index contributed by atoms with van der Waals surface area (Å²) >= 11 is 0. The van der Waals surface area contributed by atoms with Crippen LogP contribution in [0.4, 0.5) is 0 Å². The number of ether oxygens (including phenoxy) is 2. The molecule has 0 aliphatic heterocycles. The van der Waals surface area contributed by atoms with E-state index in [1.54, 1.807) is 7.11 Å². The van der Waals surface area contributed by atoms with E-state index in [0.29, 0.717) is 0 Å². The molecule has 0 spiro atoms. The molecule has 0 saturated carbocycles. The first kappa shape index (κ1) is 17.7. The third-order valence-corrected chi connectivity index (χ3v) is 2.87. The maximum Gasteiger partial charge on any atom is 0.0468 e. The van der Waals surface area contributed by atoms with Crippen LogP contribution in [0.15, 0.2) is 12.2 Å². The normalized spacial score (nSPS) is 11.8. The minimum absolute atomic E-state index is 0.816. The van der Waals surface area contributed by atoms with E-state index in [1.165, 1.54) is 19.3 Å². The van der Waals surface area contributed by atoms with Gasteiger partial charge in [0.15, 0.2) is 0 Å². The predicted molar refractivity (Wildman–Crippen MR) is 79.0 cm³/mol. The van der Waals surface area contributed by atoms with Crippen molar-refractivity contribution < 1.29 is 9.47 Å². The van der Waals surface area contributed by atoms with Crippen LogP contribution >= 0.6 is 0 Å². The standard InChI is InChI=1S/C16H32O2/c1-16(2)12-8-5-4-6-10-14-18-15-11-7-9-13-17-3/h4-5,16H,6-15H2,1-3H3. The van der Waals surface area contributed by atoms with Crippen LogP contribution in [0.2, 0.25) is 0 Å². The molecule has 0 rings (SSSR count). The van der Waals surface area contributed by atoms with Crippen LogP contribution in [0.5, 0.6) is 0 Å². The zero-order valence-electron chi connectivity index (χ0n) is 12.6. The molecule has 0 heterocycles. The molecular formula is C16H32O2. The van der Waals surface area contributed by atoms with Gasteiger partial charge in [-0.25, -0.2) is 0 Å². The first-order valence-corrected chi connectivity index (χ1v) is 7.49. The van der Waals surface area contributed by atoms with E-state index in [0.717, 1.165) is 51.4 Å². The second-order valence-corrected chi connectivity index (χ2v) is 5.25. The van der Waals surface area contributed by atoms with E-state index in [-0.39, 0.29) is 0 Å². The van der Waals surface area contributed by atoms with Crippen LogP contribution in [-0.2, 0) is 9.47 Å². The van der Waals surface area contributed by atoms with Gasteiger partial charge >= 0.3 is 0 Å². The maximum absolute atomic E-state index is 5.58. The Morgan fingerprint density at radius 1 is 0.833 bits per heavy atom. The summed E-state index contributed by atoms with van der Waals surface area (Å²) in [6.45, 7) is 7.23. The molecule has 0 aliphatic rings. The molecule has 0 bridgehead atoms. The highest BCUT2D eigenvalue weighted by Gasteiger charge is 1.91. The van der Waals surface area contributed by atoms with Gasteiger partial charge in [-0.15, -0.1) is 0 Å². The molecule has 0 aromatic carbocycles.